The topological polar surface area (TPSA) is 135 Å². The van der Waals surface area contributed by atoms with E-state index in [1.807, 2.05) is 0 Å². The van der Waals surface area contributed by atoms with Crippen LogP contribution in [0.4, 0.5) is 20.6 Å². The maximum absolute atomic E-state index is 15.0. The van der Waals surface area contributed by atoms with Crippen LogP contribution in [0.5, 0.6) is 0 Å². The molecule has 2 aromatic rings. The Kier molecular flexibility index (Phi) is 6.63. The van der Waals surface area contributed by atoms with Crippen molar-refractivity contribution in [2.75, 3.05) is 49.1 Å². The third-order valence-electron chi connectivity index (χ3n) is 5.18. The van der Waals surface area contributed by atoms with Crippen LogP contribution in [0.3, 0.4) is 0 Å². The minimum atomic E-state index is -0.600. The summed E-state index contributed by atoms with van der Waals surface area (Å²) >= 11 is 0. The average molecular weight is 462 g/mol. The number of halogens is 1. The first kappa shape index (κ1) is 22.4. The summed E-state index contributed by atoms with van der Waals surface area (Å²) in [5.74, 6) is -1.06. The van der Waals surface area contributed by atoms with Crippen LogP contribution >= 0.6 is 0 Å². The Hall–Kier alpha value is -3.81. The van der Waals surface area contributed by atoms with Crippen molar-refractivity contribution in [2.45, 2.75) is 19.6 Å². The summed E-state index contributed by atoms with van der Waals surface area (Å²) in [4.78, 5) is 44.2. The number of carbonyl (C=O) groups is 3. The number of nitrogens with one attached hydrogen (secondary N) is 1. The number of hydrogen-bond donors (Lipinski definition) is 1. The second-order valence-corrected chi connectivity index (χ2v) is 7.51. The van der Waals surface area contributed by atoms with Gasteiger partial charge in [0.2, 0.25) is 5.91 Å². The molecule has 176 valence electrons. The number of amides is 3. The molecule has 1 aromatic carbocycles. The lowest BCUT2D eigenvalue weighted by Crippen LogP contribution is -2.36. The molecule has 2 aliphatic rings. The van der Waals surface area contributed by atoms with E-state index in [1.165, 1.54) is 34.0 Å². The minimum absolute atomic E-state index is 0.0646. The van der Waals surface area contributed by atoms with Gasteiger partial charge in [-0.2, -0.15) is 0 Å². The summed E-state index contributed by atoms with van der Waals surface area (Å²) in [6.07, 6.45) is 0.220. The van der Waals surface area contributed by atoms with Gasteiger partial charge in [-0.25, -0.2) is 18.9 Å². The van der Waals surface area contributed by atoms with Gasteiger partial charge in [-0.3, -0.25) is 19.3 Å². The average Bonchev–Trinajstić information content (AvgIpc) is 3.35. The van der Waals surface area contributed by atoms with E-state index >= 15 is 0 Å². The van der Waals surface area contributed by atoms with Crippen molar-refractivity contribution in [1.29, 1.82) is 0 Å². The van der Waals surface area contributed by atoms with Crippen molar-refractivity contribution in [2.24, 2.45) is 0 Å². The number of tetrazole rings is 1. The Labute approximate surface area is 188 Å². The molecular weight excluding hydrogens is 439 g/mol. The normalized spacial score (nSPS) is 18.8. The third-order valence-corrected chi connectivity index (χ3v) is 5.18. The standard InChI is InChI=1S/C19H23FN8O5/c1-13(29)21-9-15-10-27(19(31)33-15)14-2-3-17(16(20)8-14)25-4-5-28(32-7-6-25)18(30)11-26-12-22-23-24-26/h2-3,8,12,15H,4-7,9-11H2,1H3,(H,21,29)/t15-/m0/s1. The number of nitrogens with zero attached hydrogens (tertiary/aromatic N) is 7. The second kappa shape index (κ2) is 9.77. The number of aromatic nitrogens is 4. The molecule has 13 nitrogen and oxygen atoms in total. The van der Waals surface area contributed by atoms with Crippen LogP contribution in [0.25, 0.3) is 0 Å². The molecule has 0 spiro atoms. The maximum atomic E-state index is 15.0. The lowest BCUT2D eigenvalue weighted by molar-refractivity contribution is -0.182. The Morgan fingerprint density at radius 2 is 2.12 bits per heavy atom. The monoisotopic (exact) mass is 462 g/mol. The Bertz CT molecular complexity index is 1020. The molecule has 3 heterocycles. The summed E-state index contributed by atoms with van der Waals surface area (Å²) in [6.45, 7) is 2.84. The van der Waals surface area contributed by atoms with Crippen LogP contribution in [-0.2, 0) is 25.7 Å². The maximum Gasteiger partial charge on any atom is 0.414 e. The van der Waals surface area contributed by atoms with Crippen LogP contribution in [0.1, 0.15) is 6.92 Å². The summed E-state index contributed by atoms with van der Waals surface area (Å²) in [5, 5.41) is 14.4. The number of ether oxygens (including phenoxy) is 1. The van der Waals surface area contributed by atoms with Crippen LogP contribution in [-0.4, -0.2) is 88.6 Å². The highest BCUT2D eigenvalue weighted by atomic mass is 19.1. The van der Waals surface area contributed by atoms with Crippen LogP contribution in [0.2, 0.25) is 0 Å². The van der Waals surface area contributed by atoms with E-state index in [9.17, 15) is 18.8 Å². The highest BCUT2D eigenvalue weighted by Gasteiger charge is 2.33. The molecule has 1 aromatic heterocycles. The SMILES string of the molecule is CC(=O)NC[C@H]1CN(c2ccc(N3CCON(C(=O)Cn4cnnn4)CC3)c(F)c2)C(=O)O1. The van der Waals surface area contributed by atoms with Crippen LogP contribution in [0, 0.1) is 5.82 Å². The highest BCUT2D eigenvalue weighted by molar-refractivity contribution is 5.90. The summed E-state index contributed by atoms with van der Waals surface area (Å²) in [6, 6.07) is 4.48. The fourth-order valence-electron chi connectivity index (χ4n) is 3.57. The second-order valence-electron chi connectivity index (χ2n) is 7.51. The van der Waals surface area contributed by atoms with Gasteiger partial charge in [0.25, 0.3) is 5.91 Å². The summed E-state index contributed by atoms with van der Waals surface area (Å²) in [5.41, 5.74) is 0.690. The van der Waals surface area contributed by atoms with Gasteiger partial charge >= 0.3 is 6.09 Å². The minimum Gasteiger partial charge on any atom is -0.442 e. The van der Waals surface area contributed by atoms with Gasteiger partial charge in [0.15, 0.2) is 0 Å². The fraction of sp³-hybridized carbons (Fsp3) is 0.474. The zero-order valence-corrected chi connectivity index (χ0v) is 17.9. The van der Waals surface area contributed by atoms with Gasteiger partial charge in [0, 0.05) is 20.0 Å². The Morgan fingerprint density at radius 3 is 2.85 bits per heavy atom. The van der Waals surface area contributed by atoms with E-state index in [0.717, 1.165) is 0 Å². The first-order valence-electron chi connectivity index (χ1n) is 10.3. The van der Waals surface area contributed by atoms with E-state index in [0.29, 0.717) is 24.5 Å². The van der Waals surface area contributed by atoms with Crippen molar-refractivity contribution in [3.8, 4) is 0 Å². The Balaban J connectivity index is 1.37. The van der Waals surface area contributed by atoms with E-state index in [2.05, 4.69) is 20.8 Å². The molecule has 33 heavy (non-hydrogen) atoms. The summed E-state index contributed by atoms with van der Waals surface area (Å²) in [7, 11) is 0. The van der Waals surface area contributed by atoms with Gasteiger partial charge in [-0.05, 0) is 28.6 Å². The van der Waals surface area contributed by atoms with Gasteiger partial charge < -0.3 is 15.0 Å². The molecule has 0 aliphatic carbocycles. The number of rotatable bonds is 6. The molecule has 0 saturated carbocycles. The largest absolute Gasteiger partial charge is 0.442 e. The molecule has 0 radical (unpaired) electrons. The van der Waals surface area contributed by atoms with Gasteiger partial charge in [-0.15, -0.1) is 5.10 Å². The molecule has 3 amide bonds. The smallest absolute Gasteiger partial charge is 0.414 e. The van der Waals surface area contributed by atoms with Gasteiger partial charge in [0.05, 0.1) is 37.6 Å². The molecule has 2 saturated heterocycles. The number of hydroxylamine groups is 2. The quantitative estimate of drug-likeness (QED) is 0.606. The van der Waals surface area contributed by atoms with Crippen molar-refractivity contribution in [1.82, 2.24) is 30.6 Å². The number of carbonyl (C=O) groups excluding carboxylic acids is 3. The van der Waals surface area contributed by atoms with E-state index < -0.39 is 18.0 Å². The number of anilines is 2. The molecule has 4 rings (SSSR count). The molecule has 1 atom stereocenters. The van der Waals surface area contributed by atoms with E-state index in [4.69, 9.17) is 9.57 Å². The molecule has 0 unspecified atom stereocenters. The highest BCUT2D eigenvalue weighted by Crippen LogP contribution is 2.28. The third kappa shape index (κ3) is 5.34. The first-order chi connectivity index (χ1) is 15.9. The lowest BCUT2D eigenvalue weighted by Gasteiger charge is -2.24. The Morgan fingerprint density at radius 1 is 1.27 bits per heavy atom. The van der Waals surface area contributed by atoms with E-state index in [1.54, 1.807) is 17.0 Å². The molecule has 2 fully saturated rings. The molecule has 1 N–H and O–H groups in total. The zero-order valence-electron chi connectivity index (χ0n) is 17.9. The van der Waals surface area contributed by atoms with Crippen molar-refractivity contribution >= 4 is 29.3 Å². The number of hydrogen-bond acceptors (Lipinski definition) is 9. The first-order valence-corrected chi connectivity index (χ1v) is 10.3. The lowest BCUT2D eigenvalue weighted by atomic mass is 10.2. The van der Waals surface area contributed by atoms with Crippen LogP contribution < -0.4 is 15.1 Å². The summed E-state index contributed by atoms with van der Waals surface area (Å²) < 4.78 is 21.5. The fourth-order valence-corrected chi connectivity index (χ4v) is 3.57. The van der Waals surface area contributed by atoms with Crippen molar-refractivity contribution < 1.29 is 28.3 Å². The molecule has 0 bridgehead atoms. The van der Waals surface area contributed by atoms with Crippen molar-refractivity contribution in [3.63, 3.8) is 0 Å². The number of benzene rings is 1. The predicted octanol–water partition coefficient (Wildman–Crippen LogP) is -0.446. The van der Waals surface area contributed by atoms with E-state index in [-0.39, 0.29) is 44.6 Å². The molecule has 14 heteroatoms. The molecular formula is C19H23FN8O5. The number of cyclic esters (lactones) is 1. The van der Waals surface area contributed by atoms with Crippen LogP contribution in [0.15, 0.2) is 24.5 Å². The molecule has 2 aliphatic heterocycles. The van der Waals surface area contributed by atoms with Gasteiger partial charge in [0.1, 0.15) is 24.8 Å². The van der Waals surface area contributed by atoms with Crippen molar-refractivity contribution in [3.05, 3.63) is 30.3 Å². The predicted molar refractivity (Wildman–Crippen MR) is 110 cm³/mol. The van der Waals surface area contributed by atoms with Gasteiger partial charge in [-0.1, -0.05) is 0 Å². The zero-order chi connectivity index (χ0) is 23.4.